The third kappa shape index (κ3) is 5.56. The number of aromatic hydroxyl groups is 1. The Labute approximate surface area is 132 Å². The molecule has 0 aliphatic carbocycles. The summed E-state index contributed by atoms with van der Waals surface area (Å²) < 4.78 is 0. The Bertz CT molecular complexity index is 493. The summed E-state index contributed by atoms with van der Waals surface area (Å²) in [5.74, 6) is 0.966. The Hall–Kier alpha value is -1.75. The van der Waals surface area contributed by atoms with Gasteiger partial charge in [-0.05, 0) is 49.9 Å². The van der Waals surface area contributed by atoms with Crippen molar-refractivity contribution in [3.8, 4) is 5.75 Å². The highest BCUT2D eigenvalue weighted by molar-refractivity contribution is 5.74. The van der Waals surface area contributed by atoms with E-state index in [0.29, 0.717) is 6.54 Å². The summed E-state index contributed by atoms with van der Waals surface area (Å²) in [5, 5.41) is 15.2. The minimum absolute atomic E-state index is 0.120. The second-order valence-corrected chi connectivity index (χ2v) is 6.40. The maximum atomic E-state index is 11.9. The van der Waals surface area contributed by atoms with Crippen LogP contribution < -0.4 is 10.6 Å². The van der Waals surface area contributed by atoms with Gasteiger partial charge in [-0.2, -0.15) is 0 Å². The Kier molecular flexibility index (Phi) is 6.07. The van der Waals surface area contributed by atoms with Crippen LogP contribution in [-0.4, -0.2) is 41.7 Å². The van der Waals surface area contributed by atoms with Crippen molar-refractivity contribution in [2.24, 2.45) is 5.92 Å². The summed E-state index contributed by atoms with van der Waals surface area (Å²) in [4.78, 5) is 14.3. The zero-order valence-corrected chi connectivity index (χ0v) is 13.5. The van der Waals surface area contributed by atoms with Crippen LogP contribution in [0, 0.1) is 5.92 Å². The Morgan fingerprint density at radius 3 is 3.05 bits per heavy atom. The molecule has 1 aromatic carbocycles. The van der Waals surface area contributed by atoms with E-state index in [0.717, 1.165) is 31.1 Å². The number of hydrogen-bond donors (Lipinski definition) is 3. The topological polar surface area (TPSA) is 64.6 Å². The first-order valence-electron chi connectivity index (χ1n) is 8.07. The maximum absolute atomic E-state index is 11.9. The number of nitrogens with zero attached hydrogens (tertiary/aromatic N) is 1. The Morgan fingerprint density at radius 2 is 2.32 bits per heavy atom. The van der Waals surface area contributed by atoms with E-state index in [-0.39, 0.29) is 17.8 Å². The van der Waals surface area contributed by atoms with Gasteiger partial charge in [-0.3, -0.25) is 0 Å². The molecule has 1 fully saturated rings. The van der Waals surface area contributed by atoms with E-state index < -0.39 is 0 Å². The third-order valence-corrected chi connectivity index (χ3v) is 4.01. The Morgan fingerprint density at radius 1 is 1.50 bits per heavy atom. The highest BCUT2D eigenvalue weighted by atomic mass is 16.3. The predicted octanol–water partition coefficient (Wildman–Crippen LogP) is 2.31. The molecule has 122 valence electrons. The van der Waals surface area contributed by atoms with E-state index >= 15 is 0 Å². The summed E-state index contributed by atoms with van der Waals surface area (Å²) in [6.45, 7) is 7.87. The molecule has 3 N–H and O–H groups in total. The van der Waals surface area contributed by atoms with Gasteiger partial charge in [0, 0.05) is 25.7 Å². The predicted molar refractivity (Wildman–Crippen MR) is 87.8 cm³/mol. The molecule has 0 bridgehead atoms. The number of phenolic OH excluding ortho intramolecular Hbond substituents is 1. The molecule has 0 saturated carbocycles. The second kappa shape index (κ2) is 8.03. The monoisotopic (exact) mass is 305 g/mol. The molecule has 0 aromatic heterocycles. The molecule has 2 atom stereocenters. The molecule has 5 nitrogen and oxygen atoms in total. The van der Waals surface area contributed by atoms with Gasteiger partial charge in [0.1, 0.15) is 5.75 Å². The molecule has 0 unspecified atom stereocenters. The second-order valence-electron chi connectivity index (χ2n) is 6.40. The number of piperidine rings is 1. The van der Waals surface area contributed by atoms with Crippen LogP contribution in [0.15, 0.2) is 24.3 Å². The van der Waals surface area contributed by atoms with Crippen molar-refractivity contribution >= 4 is 6.03 Å². The summed E-state index contributed by atoms with van der Waals surface area (Å²) in [6.07, 6.45) is 2.56. The molecule has 2 rings (SSSR count). The van der Waals surface area contributed by atoms with Gasteiger partial charge in [-0.25, -0.2) is 4.79 Å². The standard InChI is InChI=1S/C17H27N3O2/c1-13-5-4-8-20(11-13)12-14(2)19-17(22)18-10-15-6-3-7-16(21)9-15/h3,6-7,9,13-14,21H,4-5,8,10-12H2,1-2H3,(H2,18,19,22)/t13-,14+/m0/s1. The average molecular weight is 305 g/mol. The van der Waals surface area contributed by atoms with Crippen molar-refractivity contribution in [1.82, 2.24) is 15.5 Å². The fraction of sp³-hybridized carbons (Fsp3) is 0.588. The van der Waals surface area contributed by atoms with Crippen LogP contribution in [0.1, 0.15) is 32.3 Å². The zero-order valence-electron chi connectivity index (χ0n) is 13.5. The maximum Gasteiger partial charge on any atom is 0.315 e. The van der Waals surface area contributed by atoms with Crippen molar-refractivity contribution in [2.75, 3.05) is 19.6 Å². The van der Waals surface area contributed by atoms with E-state index in [9.17, 15) is 9.90 Å². The molecule has 0 radical (unpaired) electrons. The first kappa shape index (κ1) is 16.6. The van der Waals surface area contributed by atoms with Crippen LogP contribution in [-0.2, 0) is 6.54 Å². The molecule has 1 aromatic rings. The van der Waals surface area contributed by atoms with Crippen molar-refractivity contribution in [2.45, 2.75) is 39.3 Å². The highest BCUT2D eigenvalue weighted by Gasteiger charge is 2.18. The van der Waals surface area contributed by atoms with Gasteiger partial charge in [-0.15, -0.1) is 0 Å². The number of carbonyl (C=O) groups is 1. The smallest absolute Gasteiger partial charge is 0.315 e. The summed E-state index contributed by atoms with van der Waals surface area (Å²) in [7, 11) is 0. The lowest BCUT2D eigenvalue weighted by atomic mass is 10.00. The van der Waals surface area contributed by atoms with Crippen LogP contribution in [0.2, 0.25) is 0 Å². The number of hydrogen-bond acceptors (Lipinski definition) is 3. The lowest BCUT2D eigenvalue weighted by Gasteiger charge is -2.32. The number of phenols is 1. The fourth-order valence-corrected chi connectivity index (χ4v) is 3.01. The van der Waals surface area contributed by atoms with Crippen molar-refractivity contribution in [1.29, 1.82) is 0 Å². The number of nitrogens with one attached hydrogen (secondary N) is 2. The zero-order chi connectivity index (χ0) is 15.9. The molecule has 2 amide bonds. The van der Waals surface area contributed by atoms with E-state index in [1.807, 2.05) is 13.0 Å². The molecule has 1 aliphatic rings. The van der Waals surface area contributed by atoms with Gasteiger partial charge in [0.15, 0.2) is 0 Å². The summed E-state index contributed by atoms with van der Waals surface area (Å²) in [5.41, 5.74) is 0.882. The quantitative estimate of drug-likeness (QED) is 0.782. The molecule has 0 spiro atoms. The van der Waals surface area contributed by atoms with Gasteiger partial charge in [0.05, 0.1) is 0 Å². The summed E-state index contributed by atoms with van der Waals surface area (Å²) >= 11 is 0. The SMILES string of the molecule is C[C@H]1CCCN(C[C@@H](C)NC(=O)NCc2cccc(O)c2)C1. The molecule has 1 aliphatic heterocycles. The largest absolute Gasteiger partial charge is 0.508 e. The first-order valence-corrected chi connectivity index (χ1v) is 8.07. The van der Waals surface area contributed by atoms with Gasteiger partial charge in [0.25, 0.3) is 0 Å². The molecular formula is C17H27N3O2. The lowest BCUT2D eigenvalue weighted by molar-refractivity contribution is 0.169. The van der Waals surface area contributed by atoms with Crippen LogP contribution >= 0.6 is 0 Å². The normalized spacial score (nSPS) is 20.4. The number of amides is 2. The number of carbonyl (C=O) groups excluding carboxylic acids is 1. The number of urea groups is 1. The van der Waals surface area contributed by atoms with E-state index in [1.165, 1.54) is 12.8 Å². The van der Waals surface area contributed by atoms with Gasteiger partial charge in [-0.1, -0.05) is 19.1 Å². The van der Waals surface area contributed by atoms with E-state index in [4.69, 9.17) is 0 Å². The van der Waals surface area contributed by atoms with Crippen LogP contribution in [0.25, 0.3) is 0 Å². The van der Waals surface area contributed by atoms with Gasteiger partial charge >= 0.3 is 6.03 Å². The number of likely N-dealkylation sites (tertiary alicyclic amines) is 1. The van der Waals surface area contributed by atoms with E-state index in [2.05, 4.69) is 22.5 Å². The van der Waals surface area contributed by atoms with Crippen molar-refractivity contribution in [3.05, 3.63) is 29.8 Å². The Balaban J connectivity index is 1.69. The van der Waals surface area contributed by atoms with Crippen molar-refractivity contribution < 1.29 is 9.90 Å². The summed E-state index contributed by atoms with van der Waals surface area (Å²) in [6, 6.07) is 6.86. The average Bonchev–Trinajstić information content (AvgIpc) is 2.45. The number of benzene rings is 1. The van der Waals surface area contributed by atoms with Gasteiger partial charge in [0.2, 0.25) is 0 Å². The van der Waals surface area contributed by atoms with Crippen LogP contribution in [0.3, 0.4) is 0 Å². The van der Waals surface area contributed by atoms with Crippen LogP contribution in [0.5, 0.6) is 5.75 Å². The molecular weight excluding hydrogens is 278 g/mol. The van der Waals surface area contributed by atoms with Gasteiger partial charge < -0.3 is 20.6 Å². The van der Waals surface area contributed by atoms with E-state index in [1.54, 1.807) is 18.2 Å². The molecule has 1 heterocycles. The minimum atomic E-state index is -0.166. The molecule has 5 heteroatoms. The molecule has 1 saturated heterocycles. The van der Waals surface area contributed by atoms with Crippen molar-refractivity contribution in [3.63, 3.8) is 0 Å². The lowest BCUT2D eigenvalue weighted by Crippen LogP contribution is -2.47. The first-order chi connectivity index (χ1) is 10.5. The fourth-order valence-electron chi connectivity index (χ4n) is 3.01. The minimum Gasteiger partial charge on any atom is -0.508 e. The van der Waals surface area contributed by atoms with Crippen LogP contribution in [0.4, 0.5) is 4.79 Å². The highest BCUT2D eigenvalue weighted by Crippen LogP contribution is 2.15. The number of rotatable bonds is 5. The molecule has 22 heavy (non-hydrogen) atoms. The third-order valence-electron chi connectivity index (χ3n) is 4.01.